The number of nitrogens with zero attached hydrogens (tertiary/aromatic N) is 5. The molecule has 0 aliphatic heterocycles. The van der Waals surface area contributed by atoms with Gasteiger partial charge in [-0.3, -0.25) is 0 Å². The molecule has 7 nitrogen and oxygen atoms in total. The number of halogens is 1. The van der Waals surface area contributed by atoms with Gasteiger partial charge < -0.3 is 9.47 Å². The van der Waals surface area contributed by atoms with Crippen molar-refractivity contribution in [1.82, 2.24) is 24.4 Å². The van der Waals surface area contributed by atoms with Gasteiger partial charge in [0.15, 0.2) is 11.4 Å². The van der Waals surface area contributed by atoms with Crippen LogP contribution < -0.4 is 4.74 Å². The van der Waals surface area contributed by atoms with Crippen molar-refractivity contribution >= 4 is 21.6 Å². The number of aromatic nitrogens is 5. The van der Waals surface area contributed by atoms with Crippen LogP contribution in [-0.4, -0.2) is 37.1 Å². The highest BCUT2D eigenvalue weighted by Gasteiger charge is 2.24. The number of pyridine rings is 1. The summed E-state index contributed by atoms with van der Waals surface area (Å²) in [7, 11) is 0. The van der Waals surface area contributed by atoms with E-state index in [4.69, 9.17) is 9.47 Å². The zero-order chi connectivity index (χ0) is 17.4. The maximum absolute atomic E-state index is 6.27. The minimum Gasteiger partial charge on any atom is -0.486 e. The Bertz CT molecular complexity index is 886. The molecule has 8 heteroatoms. The average molecular weight is 406 g/mol. The fraction of sp³-hybridized carbons (Fsp3) is 0.471. The third kappa shape index (κ3) is 3.16. The molecule has 0 aromatic carbocycles. The number of rotatable bonds is 6. The molecule has 1 aliphatic rings. The second-order valence-electron chi connectivity index (χ2n) is 6.14. The van der Waals surface area contributed by atoms with Crippen LogP contribution in [0.4, 0.5) is 0 Å². The Hall–Kier alpha value is -1.93. The standard InChI is InChI=1S/C17H20BrN5O2/c1-3-24-11(2)23-10-12(9-19-23)14-7-8-22-16(20-17(18)21-22)15(14)25-13-5-4-6-13/h7-11,13H,3-6H2,1-2H3. The van der Waals surface area contributed by atoms with Gasteiger partial charge in [0.1, 0.15) is 6.23 Å². The summed E-state index contributed by atoms with van der Waals surface area (Å²) >= 11 is 3.35. The fourth-order valence-corrected chi connectivity index (χ4v) is 3.23. The fourth-order valence-electron chi connectivity index (χ4n) is 2.89. The minimum absolute atomic E-state index is 0.110. The van der Waals surface area contributed by atoms with Gasteiger partial charge in [-0.2, -0.15) is 10.1 Å². The van der Waals surface area contributed by atoms with Crippen LogP contribution in [0.15, 0.2) is 29.4 Å². The Morgan fingerprint density at radius 1 is 1.40 bits per heavy atom. The third-order valence-corrected chi connectivity index (χ3v) is 4.80. The lowest BCUT2D eigenvalue weighted by atomic mass is 9.96. The normalized spacial score (nSPS) is 16.1. The number of hydrogen-bond donors (Lipinski definition) is 0. The second-order valence-corrected chi connectivity index (χ2v) is 6.85. The molecule has 25 heavy (non-hydrogen) atoms. The van der Waals surface area contributed by atoms with E-state index in [1.54, 1.807) is 4.52 Å². The predicted octanol–water partition coefficient (Wildman–Crippen LogP) is 3.84. The van der Waals surface area contributed by atoms with Crippen molar-refractivity contribution in [2.45, 2.75) is 45.4 Å². The Labute approximate surface area is 154 Å². The smallest absolute Gasteiger partial charge is 0.218 e. The van der Waals surface area contributed by atoms with Gasteiger partial charge in [0.2, 0.25) is 4.73 Å². The Morgan fingerprint density at radius 3 is 2.96 bits per heavy atom. The van der Waals surface area contributed by atoms with E-state index in [1.807, 2.05) is 43.2 Å². The van der Waals surface area contributed by atoms with Crippen LogP contribution in [0.25, 0.3) is 16.8 Å². The third-order valence-electron chi connectivity index (χ3n) is 4.47. The summed E-state index contributed by atoms with van der Waals surface area (Å²) in [4.78, 5) is 4.47. The van der Waals surface area contributed by atoms with E-state index < -0.39 is 0 Å². The van der Waals surface area contributed by atoms with E-state index in [9.17, 15) is 0 Å². The van der Waals surface area contributed by atoms with E-state index in [0.29, 0.717) is 17.0 Å². The number of ether oxygens (including phenoxy) is 2. The maximum atomic E-state index is 6.27. The number of hydrogen-bond acceptors (Lipinski definition) is 5. The molecule has 0 saturated heterocycles. The van der Waals surface area contributed by atoms with Crippen LogP contribution in [0.3, 0.4) is 0 Å². The van der Waals surface area contributed by atoms with Gasteiger partial charge in [-0.25, -0.2) is 9.20 Å². The lowest BCUT2D eigenvalue weighted by molar-refractivity contribution is 0.0160. The monoisotopic (exact) mass is 405 g/mol. The summed E-state index contributed by atoms with van der Waals surface area (Å²) in [6.45, 7) is 4.60. The summed E-state index contributed by atoms with van der Waals surface area (Å²) in [5.74, 6) is 0.758. The Balaban J connectivity index is 1.76. The second kappa shape index (κ2) is 6.76. The summed E-state index contributed by atoms with van der Waals surface area (Å²) in [5, 5.41) is 8.75. The average Bonchev–Trinajstić information content (AvgIpc) is 3.16. The molecule has 4 rings (SSSR count). The molecule has 0 radical (unpaired) electrons. The maximum Gasteiger partial charge on any atom is 0.218 e. The molecule has 1 aliphatic carbocycles. The van der Waals surface area contributed by atoms with Crippen LogP contribution >= 0.6 is 15.9 Å². The van der Waals surface area contributed by atoms with Gasteiger partial charge in [0.25, 0.3) is 0 Å². The molecule has 0 bridgehead atoms. The predicted molar refractivity (Wildman–Crippen MR) is 96.5 cm³/mol. The SMILES string of the molecule is CCOC(C)n1cc(-c2ccn3nc(Br)nc3c2OC2CCC2)cn1. The van der Waals surface area contributed by atoms with Crippen LogP contribution in [0, 0.1) is 0 Å². The Kier molecular flexibility index (Phi) is 4.47. The van der Waals surface area contributed by atoms with Crippen molar-refractivity contribution in [2.75, 3.05) is 6.61 Å². The molecular weight excluding hydrogens is 386 g/mol. The molecule has 0 amide bonds. The van der Waals surface area contributed by atoms with Gasteiger partial charge in [0.05, 0.1) is 12.3 Å². The summed E-state index contributed by atoms with van der Waals surface area (Å²) in [5.41, 5.74) is 2.65. The van der Waals surface area contributed by atoms with Crippen molar-refractivity contribution in [3.05, 3.63) is 29.4 Å². The molecule has 132 valence electrons. The largest absolute Gasteiger partial charge is 0.486 e. The Morgan fingerprint density at radius 2 is 2.24 bits per heavy atom. The molecule has 1 atom stereocenters. The molecule has 1 fully saturated rings. The summed E-state index contributed by atoms with van der Waals surface area (Å²) < 4.78 is 16.0. The zero-order valence-electron chi connectivity index (χ0n) is 14.2. The zero-order valence-corrected chi connectivity index (χ0v) is 15.8. The van der Waals surface area contributed by atoms with E-state index in [0.717, 1.165) is 29.7 Å². The first kappa shape index (κ1) is 16.5. The van der Waals surface area contributed by atoms with Crippen molar-refractivity contribution in [3.63, 3.8) is 0 Å². The van der Waals surface area contributed by atoms with Crippen molar-refractivity contribution in [2.24, 2.45) is 0 Å². The lowest BCUT2D eigenvalue weighted by Gasteiger charge is -2.27. The first-order valence-electron chi connectivity index (χ1n) is 8.53. The van der Waals surface area contributed by atoms with Crippen LogP contribution in [0.5, 0.6) is 5.75 Å². The topological polar surface area (TPSA) is 66.5 Å². The highest BCUT2D eigenvalue weighted by molar-refractivity contribution is 9.10. The summed E-state index contributed by atoms with van der Waals surface area (Å²) in [6.07, 6.45) is 9.21. The molecule has 0 N–H and O–H groups in total. The highest BCUT2D eigenvalue weighted by atomic mass is 79.9. The lowest BCUT2D eigenvalue weighted by Crippen LogP contribution is -2.25. The van der Waals surface area contributed by atoms with Gasteiger partial charge in [-0.05, 0) is 55.1 Å². The molecule has 1 saturated carbocycles. The van der Waals surface area contributed by atoms with Gasteiger partial charge >= 0.3 is 0 Å². The molecular formula is C17H20BrN5O2. The van der Waals surface area contributed by atoms with Gasteiger partial charge in [-0.1, -0.05) is 0 Å². The van der Waals surface area contributed by atoms with E-state index in [-0.39, 0.29) is 12.3 Å². The van der Waals surface area contributed by atoms with Crippen LogP contribution in [0.1, 0.15) is 39.3 Å². The van der Waals surface area contributed by atoms with Crippen molar-refractivity contribution in [3.8, 4) is 16.9 Å². The van der Waals surface area contributed by atoms with E-state index >= 15 is 0 Å². The highest BCUT2D eigenvalue weighted by Crippen LogP contribution is 2.37. The molecule has 0 spiro atoms. The van der Waals surface area contributed by atoms with Gasteiger partial charge in [-0.15, -0.1) is 5.10 Å². The van der Waals surface area contributed by atoms with Gasteiger partial charge in [0, 0.05) is 30.1 Å². The first-order chi connectivity index (χ1) is 12.2. The minimum atomic E-state index is -0.110. The molecule has 3 heterocycles. The quantitative estimate of drug-likeness (QED) is 0.622. The number of fused-ring (bicyclic) bond motifs is 1. The first-order valence-corrected chi connectivity index (χ1v) is 9.32. The molecule has 1 unspecified atom stereocenters. The van der Waals surface area contributed by atoms with Crippen molar-refractivity contribution < 1.29 is 9.47 Å². The van der Waals surface area contributed by atoms with E-state index in [2.05, 4.69) is 31.1 Å². The van der Waals surface area contributed by atoms with Crippen molar-refractivity contribution in [1.29, 1.82) is 0 Å². The van der Waals surface area contributed by atoms with Crippen LogP contribution in [-0.2, 0) is 4.74 Å². The molecule has 3 aromatic rings. The van der Waals surface area contributed by atoms with Crippen LogP contribution in [0.2, 0.25) is 0 Å². The molecule has 3 aromatic heterocycles. The van der Waals surface area contributed by atoms with E-state index in [1.165, 1.54) is 6.42 Å². The summed E-state index contributed by atoms with van der Waals surface area (Å²) in [6, 6.07) is 1.99.